The van der Waals surface area contributed by atoms with E-state index in [1.165, 1.54) is 11.3 Å². The monoisotopic (exact) mass is 602 g/mol. The van der Waals surface area contributed by atoms with E-state index in [0.717, 1.165) is 14.9 Å². The second kappa shape index (κ2) is 11.7. The van der Waals surface area contributed by atoms with Crippen molar-refractivity contribution in [2.24, 2.45) is 0 Å². The maximum atomic E-state index is 13.5. The minimum atomic E-state index is -3.12. The highest BCUT2D eigenvalue weighted by atomic mass is 79.9. The van der Waals surface area contributed by atoms with E-state index in [2.05, 4.69) is 36.9 Å². The first-order valence-electron chi connectivity index (χ1n) is 11.3. The highest BCUT2D eigenvalue weighted by Crippen LogP contribution is 2.31. The highest BCUT2D eigenvalue weighted by Gasteiger charge is 2.47. The fourth-order valence-corrected chi connectivity index (χ4v) is 4.82. The zero-order valence-electron chi connectivity index (χ0n) is 19.7. The standard InChI is InChI=1S/C25H21BrF2N6O3S/c26-16-3-7-18(8-4-16)32-24(37)31-17-5-1-15(2-6-17)9-21-33-20(13-38-21)23(36)30-12-22(35)34-14-25(27,28)10-19(34)11-29/h1-8,13,19H,9-10,12,14H2,(H,30,36)(H2,31,32,37)/t19-/m0/s1. The number of halogens is 3. The van der Waals surface area contributed by atoms with Crippen molar-refractivity contribution in [3.05, 3.63) is 74.6 Å². The number of likely N-dealkylation sites (tertiary alicyclic amines) is 1. The van der Waals surface area contributed by atoms with Crippen LogP contribution in [0.2, 0.25) is 0 Å². The maximum absolute atomic E-state index is 13.5. The molecule has 1 saturated heterocycles. The van der Waals surface area contributed by atoms with Gasteiger partial charge in [-0.3, -0.25) is 9.59 Å². The van der Waals surface area contributed by atoms with Gasteiger partial charge in [-0.2, -0.15) is 5.26 Å². The van der Waals surface area contributed by atoms with E-state index in [1.54, 1.807) is 35.7 Å². The molecule has 3 aromatic rings. The van der Waals surface area contributed by atoms with Crippen molar-refractivity contribution in [2.45, 2.75) is 24.8 Å². The van der Waals surface area contributed by atoms with Gasteiger partial charge in [-0.1, -0.05) is 28.1 Å². The van der Waals surface area contributed by atoms with Crippen molar-refractivity contribution in [1.29, 1.82) is 5.26 Å². The number of thiazole rings is 1. The van der Waals surface area contributed by atoms with Gasteiger partial charge in [0.05, 0.1) is 24.2 Å². The maximum Gasteiger partial charge on any atom is 0.323 e. The Morgan fingerprint density at radius 1 is 1.11 bits per heavy atom. The minimum absolute atomic E-state index is 0.101. The molecule has 4 rings (SSSR count). The van der Waals surface area contributed by atoms with E-state index in [1.807, 2.05) is 24.3 Å². The first-order valence-corrected chi connectivity index (χ1v) is 13.0. The number of anilines is 2. The molecule has 2 aromatic carbocycles. The molecule has 1 aliphatic rings. The van der Waals surface area contributed by atoms with Crippen LogP contribution in [0.5, 0.6) is 0 Å². The van der Waals surface area contributed by atoms with Crippen LogP contribution in [-0.4, -0.2) is 52.8 Å². The number of nitrogens with zero attached hydrogens (tertiary/aromatic N) is 3. The highest BCUT2D eigenvalue weighted by molar-refractivity contribution is 9.10. The first kappa shape index (κ1) is 27.2. The topological polar surface area (TPSA) is 127 Å². The van der Waals surface area contributed by atoms with Crippen LogP contribution in [-0.2, 0) is 11.2 Å². The summed E-state index contributed by atoms with van der Waals surface area (Å²) in [6.45, 7) is -1.35. The smallest absolute Gasteiger partial charge is 0.323 e. The molecule has 4 amide bonds. The van der Waals surface area contributed by atoms with Crippen molar-refractivity contribution in [3.63, 3.8) is 0 Å². The number of hydrogen-bond acceptors (Lipinski definition) is 6. The molecule has 13 heteroatoms. The number of carbonyl (C=O) groups excluding carboxylic acids is 3. The van der Waals surface area contributed by atoms with E-state index >= 15 is 0 Å². The van der Waals surface area contributed by atoms with Gasteiger partial charge >= 0.3 is 6.03 Å². The summed E-state index contributed by atoms with van der Waals surface area (Å²) in [5.41, 5.74) is 2.25. The number of carbonyl (C=O) groups is 3. The molecule has 9 nitrogen and oxygen atoms in total. The van der Waals surface area contributed by atoms with Crippen LogP contribution in [0, 0.1) is 11.3 Å². The summed E-state index contributed by atoms with van der Waals surface area (Å²) >= 11 is 4.60. The molecule has 0 spiro atoms. The summed E-state index contributed by atoms with van der Waals surface area (Å²) in [6, 6.07) is 14.4. The van der Waals surface area contributed by atoms with Gasteiger partial charge in [0, 0.05) is 34.1 Å². The molecule has 1 atom stereocenters. The molecule has 196 valence electrons. The van der Waals surface area contributed by atoms with Gasteiger partial charge in [-0.05, 0) is 42.0 Å². The summed E-state index contributed by atoms with van der Waals surface area (Å²) in [5.74, 6) is -4.49. The third kappa shape index (κ3) is 7.11. The van der Waals surface area contributed by atoms with Gasteiger partial charge in [-0.25, -0.2) is 18.6 Å². The summed E-state index contributed by atoms with van der Waals surface area (Å²) in [5, 5.41) is 19.1. The van der Waals surface area contributed by atoms with E-state index in [-0.39, 0.29) is 11.7 Å². The van der Waals surface area contributed by atoms with Crippen molar-refractivity contribution in [3.8, 4) is 6.07 Å². The van der Waals surface area contributed by atoms with Crippen LogP contribution in [0.4, 0.5) is 25.0 Å². The molecule has 1 aromatic heterocycles. The van der Waals surface area contributed by atoms with Gasteiger partial charge in [-0.15, -0.1) is 11.3 Å². The zero-order chi connectivity index (χ0) is 27.3. The number of rotatable bonds is 7. The SMILES string of the molecule is N#C[C@@H]1CC(F)(F)CN1C(=O)CNC(=O)c1csc(Cc2ccc(NC(=O)Nc3ccc(Br)cc3)cc2)n1. The van der Waals surface area contributed by atoms with Crippen molar-refractivity contribution >= 4 is 56.5 Å². The number of alkyl halides is 2. The average molecular weight is 603 g/mol. The Hall–Kier alpha value is -3.89. The van der Waals surface area contributed by atoms with E-state index in [9.17, 15) is 23.2 Å². The molecule has 2 heterocycles. The summed E-state index contributed by atoms with van der Waals surface area (Å²) in [4.78, 5) is 41.9. The predicted octanol–water partition coefficient (Wildman–Crippen LogP) is 4.63. The van der Waals surface area contributed by atoms with Crippen LogP contribution < -0.4 is 16.0 Å². The molecule has 0 saturated carbocycles. The van der Waals surface area contributed by atoms with Crippen LogP contribution in [0.1, 0.15) is 27.5 Å². The van der Waals surface area contributed by atoms with Crippen molar-refractivity contribution < 1.29 is 23.2 Å². The molecule has 0 unspecified atom stereocenters. The molecule has 0 radical (unpaired) electrons. The molecule has 1 fully saturated rings. The third-order valence-electron chi connectivity index (χ3n) is 5.59. The fraction of sp³-hybridized carbons (Fsp3) is 0.240. The normalized spacial score (nSPS) is 15.9. The number of urea groups is 1. The largest absolute Gasteiger partial charge is 0.342 e. The fourth-order valence-electron chi connectivity index (χ4n) is 3.75. The molecule has 1 aliphatic heterocycles. The average Bonchev–Trinajstić information content (AvgIpc) is 3.48. The zero-order valence-corrected chi connectivity index (χ0v) is 22.1. The van der Waals surface area contributed by atoms with Crippen LogP contribution in [0.3, 0.4) is 0 Å². The molecule has 0 aliphatic carbocycles. The number of hydrogen-bond donors (Lipinski definition) is 3. The Morgan fingerprint density at radius 3 is 2.37 bits per heavy atom. The number of nitrogens with one attached hydrogen (secondary N) is 3. The molecule has 3 N–H and O–H groups in total. The third-order valence-corrected chi connectivity index (χ3v) is 6.97. The van der Waals surface area contributed by atoms with Crippen LogP contribution in [0.25, 0.3) is 0 Å². The Morgan fingerprint density at radius 2 is 1.74 bits per heavy atom. The Balaban J connectivity index is 1.26. The van der Waals surface area contributed by atoms with E-state index < -0.39 is 43.3 Å². The summed E-state index contributed by atoms with van der Waals surface area (Å²) in [6.07, 6.45) is -0.274. The molecule has 38 heavy (non-hydrogen) atoms. The number of aromatic nitrogens is 1. The van der Waals surface area contributed by atoms with E-state index in [0.29, 0.717) is 22.8 Å². The van der Waals surface area contributed by atoms with Gasteiger partial charge in [0.2, 0.25) is 5.91 Å². The second-order valence-corrected chi connectivity index (χ2v) is 10.4. The van der Waals surface area contributed by atoms with Gasteiger partial charge in [0.1, 0.15) is 11.7 Å². The van der Waals surface area contributed by atoms with Crippen molar-refractivity contribution in [1.82, 2.24) is 15.2 Å². The van der Waals surface area contributed by atoms with Gasteiger partial charge in [0.25, 0.3) is 11.8 Å². The summed E-state index contributed by atoms with van der Waals surface area (Å²) in [7, 11) is 0. The lowest BCUT2D eigenvalue weighted by Gasteiger charge is -2.19. The first-order chi connectivity index (χ1) is 18.1. The number of nitriles is 1. The molecular weight excluding hydrogens is 582 g/mol. The van der Waals surface area contributed by atoms with Crippen LogP contribution >= 0.6 is 27.3 Å². The molecular formula is C25H21BrF2N6O3S. The lowest BCUT2D eigenvalue weighted by molar-refractivity contribution is -0.131. The summed E-state index contributed by atoms with van der Waals surface area (Å²) < 4.78 is 28.0. The Kier molecular flexibility index (Phi) is 8.33. The second-order valence-electron chi connectivity index (χ2n) is 8.50. The lowest BCUT2D eigenvalue weighted by atomic mass is 10.1. The Labute approximate surface area is 229 Å². The molecule has 0 bridgehead atoms. The minimum Gasteiger partial charge on any atom is -0.342 e. The number of amides is 4. The van der Waals surface area contributed by atoms with Gasteiger partial charge in [0.15, 0.2) is 0 Å². The van der Waals surface area contributed by atoms with E-state index in [4.69, 9.17) is 5.26 Å². The number of benzene rings is 2. The Bertz CT molecular complexity index is 1370. The predicted molar refractivity (Wildman–Crippen MR) is 141 cm³/mol. The van der Waals surface area contributed by atoms with Crippen molar-refractivity contribution in [2.75, 3.05) is 23.7 Å². The lowest BCUT2D eigenvalue weighted by Crippen LogP contribution is -2.43. The quantitative estimate of drug-likeness (QED) is 0.363. The van der Waals surface area contributed by atoms with Gasteiger partial charge < -0.3 is 20.9 Å². The van der Waals surface area contributed by atoms with Crippen LogP contribution in [0.15, 0.2) is 58.4 Å².